The molecule has 166 valence electrons. The van der Waals surface area contributed by atoms with Gasteiger partial charge in [-0.1, -0.05) is 11.6 Å². The summed E-state index contributed by atoms with van der Waals surface area (Å²) >= 11 is 5.88. The second kappa shape index (κ2) is 10.4. The number of alkyl halides is 3. The van der Waals surface area contributed by atoms with E-state index in [2.05, 4.69) is 10.1 Å². The SMILES string of the molecule is COc1ccc(Cl)cc1NC(=O)COC(=O)C1CCN(C(=O)OCC(F)(F)F)CC1. The Balaban J connectivity index is 1.75. The number of piperidine rings is 1. The van der Waals surface area contributed by atoms with Crippen molar-refractivity contribution in [3.63, 3.8) is 0 Å². The van der Waals surface area contributed by atoms with E-state index in [1.165, 1.54) is 13.2 Å². The standard InChI is InChI=1S/C18H20ClF3N2O6/c1-28-14-3-2-12(19)8-13(14)23-15(25)9-29-16(26)11-4-6-24(7-5-11)17(27)30-10-18(20,21)22/h2-3,8,11H,4-7,9-10H2,1H3,(H,23,25). The van der Waals surface area contributed by atoms with Gasteiger partial charge in [0.05, 0.1) is 18.7 Å². The summed E-state index contributed by atoms with van der Waals surface area (Å²) in [5.74, 6) is -1.43. The molecule has 1 N–H and O–H groups in total. The van der Waals surface area contributed by atoms with E-state index in [0.717, 1.165) is 4.90 Å². The van der Waals surface area contributed by atoms with Gasteiger partial charge in [0.1, 0.15) is 5.75 Å². The third-order valence-electron chi connectivity index (χ3n) is 4.23. The Bertz CT molecular complexity index is 782. The first-order valence-electron chi connectivity index (χ1n) is 8.87. The smallest absolute Gasteiger partial charge is 0.422 e. The number of rotatable bonds is 6. The zero-order valence-electron chi connectivity index (χ0n) is 16.0. The molecule has 30 heavy (non-hydrogen) atoms. The Labute approximate surface area is 175 Å². The molecule has 0 bridgehead atoms. The minimum Gasteiger partial charge on any atom is -0.495 e. The summed E-state index contributed by atoms with van der Waals surface area (Å²) < 4.78 is 50.6. The number of likely N-dealkylation sites (tertiary alicyclic amines) is 1. The number of carbonyl (C=O) groups excluding carboxylic acids is 3. The van der Waals surface area contributed by atoms with Crippen molar-refractivity contribution in [1.82, 2.24) is 4.90 Å². The summed E-state index contributed by atoms with van der Waals surface area (Å²) in [7, 11) is 1.42. The molecule has 0 atom stereocenters. The molecule has 8 nitrogen and oxygen atoms in total. The first-order chi connectivity index (χ1) is 14.1. The van der Waals surface area contributed by atoms with Gasteiger partial charge >= 0.3 is 18.2 Å². The molecule has 0 spiro atoms. The zero-order valence-corrected chi connectivity index (χ0v) is 16.7. The fourth-order valence-corrected chi connectivity index (χ4v) is 2.92. The first-order valence-corrected chi connectivity index (χ1v) is 9.25. The summed E-state index contributed by atoms with van der Waals surface area (Å²) in [6.07, 6.45) is -5.32. The summed E-state index contributed by atoms with van der Waals surface area (Å²) in [6, 6.07) is 4.63. The highest BCUT2D eigenvalue weighted by Crippen LogP contribution is 2.27. The number of carbonyl (C=O) groups is 3. The maximum atomic E-state index is 12.1. The Kier molecular flexibility index (Phi) is 8.16. The van der Waals surface area contributed by atoms with Crippen LogP contribution >= 0.6 is 11.6 Å². The van der Waals surface area contributed by atoms with Crippen LogP contribution in [-0.4, -0.2) is 62.5 Å². The summed E-state index contributed by atoms with van der Waals surface area (Å²) in [5, 5.41) is 2.90. The lowest BCUT2D eigenvalue weighted by Crippen LogP contribution is -2.42. The summed E-state index contributed by atoms with van der Waals surface area (Å²) in [5.41, 5.74) is 0.316. The normalized spacial score (nSPS) is 14.8. The maximum absolute atomic E-state index is 12.1. The second-order valence-corrected chi connectivity index (χ2v) is 6.87. The molecule has 1 aromatic rings. The van der Waals surface area contributed by atoms with Gasteiger partial charge in [0.2, 0.25) is 0 Å². The van der Waals surface area contributed by atoms with Crippen LogP contribution in [0.25, 0.3) is 0 Å². The van der Waals surface area contributed by atoms with E-state index in [1.54, 1.807) is 12.1 Å². The Morgan fingerprint density at radius 2 is 1.87 bits per heavy atom. The fraction of sp³-hybridized carbons (Fsp3) is 0.500. The van der Waals surface area contributed by atoms with Gasteiger partial charge in [0.25, 0.3) is 5.91 Å². The number of hydrogen-bond donors (Lipinski definition) is 1. The van der Waals surface area contributed by atoms with E-state index in [9.17, 15) is 27.6 Å². The number of amides is 2. The van der Waals surface area contributed by atoms with E-state index in [-0.39, 0.29) is 25.9 Å². The summed E-state index contributed by atoms with van der Waals surface area (Å²) in [6.45, 7) is -2.12. The molecule has 1 fully saturated rings. The molecule has 1 saturated heterocycles. The van der Waals surface area contributed by atoms with Gasteiger partial charge in [-0.25, -0.2) is 4.79 Å². The molecule has 12 heteroatoms. The zero-order chi connectivity index (χ0) is 22.3. The molecule has 2 rings (SSSR count). The van der Waals surface area contributed by atoms with E-state index in [4.69, 9.17) is 21.1 Å². The lowest BCUT2D eigenvalue weighted by atomic mass is 9.97. The number of nitrogens with zero attached hydrogens (tertiary/aromatic N) is 1. The predicted molar refractivity (Wildman–Crippen MR) is 99.3 cm³/mol. The Morgan fingerprint density at radius 1 is 1.20 bits per heavy atom. The van der Waals surface area contributed by atoms with Crippen LogP contribution in [0.3, 0.4) is 0 Å². The minimum absolute atomic E-state index is 0.0440. The van der Waals surface area contributed by atoms with Crippen molar-refractivity contribution in [2.75, 3.05) is 38.7 Å². The fourth-order valence-electron chi connectivity index (χ4n) is 2.75. The van der Waals surface area contributed by atoms with Gasteiger partial charge in [0.15, 0.2) is 13.2 Å². The van der Waals surface area contributed by atoms with Crippen molar-refractivity contribution in [2.24, 2.45) is 5.92 Å². The molecule has 0 aliphatic carbocycles. The second-order valence-electron chi connectivity index (χ2n) is 6.43. The van der Waals surface area contributed by atoms with E-state index in [1.807, 2.05) is 0 Å². The number of hydrogen-bond acceptors (Lipinski definition) is 6. The van der Waals surface area contributed by atoms with Gasteiger partial charge in [-0.3, -0.25) is 9.59 Å². The molecule has 0 saturated carbocycles. The van der Waals surface area contributed by atoms with Crippen LogP contribution in [0.2, 0.25) is 5.02 Å². The number of anilines is 1. The van der Waals surface area contributed by atoms with Gasteiger partial charge < -0.3 is 24.4 Å². The van der Waals surface area contributed by atoms with Crippen molar-refractivity contribution in [2.45, 2.75) is 19.0 Å². The number of esters is 1. The maximum Gasteiger partial charge on any atom is 0.422 e. The lowest BCUT2D eigenvalue weighted by Gasteiger charge is -2.30. The predicted octanol–water partition coefficient (Wildman–Crippen LogP) is 3.24. The van der Waals surface area contributed by atoms with Gasteiger partial charge in [-0.05, 0) is 31.0 Å². The largest absolute Gasteiger partial charge is 0.495 e. The number of nitrogens with one attached hydrogen (secondary N) is 1. The molecule has 1 heterocycles. The third kappa shape index (κ3) is 7.29. The van der Waals surface area contributed by atoms with Crippen LogP contribution in [0.4, 0.5) is 23.7 Å². The van der Waals surface area contributed by atoms with E-state index >= 15 is 0 Å². The van der Waals surface area contributed by atoms with Gasteiger partial charge in [0, 0.05) is 18.1 Å². The monoisotopic (exact) mass is 452 g/mol. The molecule has 0 unspecified atom stereocenters. The Morgan fingerprint density at radius 3 is 2.47 bits per heavy atom. The highest BCUT2D eigenvalue weighted by atomic mass is 35.5. The summed E-state index contributed by atoms with van der Waals surface area (Å²) in [4.78, 5) is 36.9. The third-order valence-corrected chi connectivity index (χ3v) is 4.46. The molecule has 0 aromatic heterocycles. The van der Waals surface area contributed by atoms with Crippen LogP contribution in [-0.2, 0) is 19.1 Å². The molecule has 1 aliphatic rings. The quantitative estimate of drug-likeness (QED) is 0.666. The highest BCUT2D eigenvalue weighted by Gasteiger charge is 2.33. The van der Waals surface area contributed by atoms with Gasteiger partial charge in [-0.2, -0.15) is 13.2 Å². The highest BCUT2D eigenvalue weighted by molar-refractivity contribution is 6.31. The molecule has 0 radical (unpaired) electrons. The topological polar surface area (TPSA) is 94.2 Å². The van der Waals surface area contributed by atoms with Crippen molar-refractivity contribution >= 4 is 35.3 Å². The van der Waals surface area contributed by atoms with Gasteiger partial charge in [-0.15, -0.1) is 0 Å². The minimum atomic E-state index is -4.60. The lowest BCUT2D eigenvalue weighted by molar-refractivity contribution is -0.163. The number of ether oxygens (including phenoxy) is 3. The Hall–Kier alpha value is -2.69. The number of halogens is 4. The first kappa shape index (κ1) is 23.6. The molecule has 1 aliphatic heterocycles. The van der Waals surface area contributed by atoms with Crippen molar-refractivity contribution in [1.29, 1.82) is 0 Å². The van der Waals surface area contributed by atoms with Crippen molar-refractivity contribution < 1.29 is 41.8 Å². The van der Waals surface area contributed by atoms with Crippen molar-refractivity contribution in [3.05, 3.63) is 23.2 Å². The molecule has 2 amide bonds. The van der Waals surface area contributed by atoms with Crippen LogP contribution in [0.1, 0.15) is 12.8 Å². The van der Waals surface area contributed by atoms with Crippen LogP contribution < -0.4 is 10.1 Å². The van der Waals surface area contributed by atoms with Crippen LogP contribution in [0, 0.1) is 5.92 Å². The van der Waals surface area contributed by atoms with Crippen molar-refractivity contribution in [3.8, 4) is 5.75 Å². The van der Waals surface area contributed by atoms with Crippen LogP contribution in [0.5, 0.6) is 5.75 Å². The molecular formula is C18H20ClF3N2O6. The molecular weight excluding hydrogens is 433 g/mol. The number of methoxy groups -OCH3 is 1. The van der Waals surface area contributed by atoms with E-state index in [0.29, 0.717) is 16.5 Å². The average molecular weight is 453 g/mol. The van der Waals surface area contributed by atoms with E-state index < -0.39 is 43.3 Å². The average Bonchev–Trinajstić information content (AvgIpc) is 2.70. The molecule has 1 aromatic carbocycles. The van der Waals surface area contributed by atoms with Crippen LogP contribution in [0.15, 0.2) is 18.2 Å². The number of benzene rings is 1.